The van der Waals surface area contributed by atoms with E-state index in [4.69, 9.17) is 0 Å². The monoisotopic (exact) mass is 535 g/mol. The van der Waals surface area contributed by atoms with E-state index in [2.05, 4.69) is 0 Å². The zero-order chi connectivity index (χ0) is 25.9. The van der Waals surface area contributed by atoms with Crippen LogP contribution in [-0.4, -0.2) is 54.2 Å². The molecule has 188 valence electrons. The quantitative estimate of drug-likeness (QED) is 0.393. The van der Waals surface area contributed by atoms with Gasteiger partial charge < -0.3 is 0 Å². The first-order valence-corrected chi connectivity index (χ1v) is 15.7. The Hall–Kier alpha value is -2.53. The Balaban J connectivity index is 1.88. The lowest BCUT2D eigenvalue weighted by Gasteiger charge is -2.22. The maximum atomic E-state index is 13.4. The van der Waals surface area contributed by atoms with E-state index in [1.54, 1.807) is 36.4 Å². The Bertz CT molecular complexity index is 1400. The van der Waals surface area contributed by atoms with Crippen LogP contribution in [0.4, 0.5) is 0 Å². The summed E-state index contributed by atoms with van der Waals surface area (Å²) in [7, 11) is -11.7. The zero-order valence-electron chi connectivity index (χ0n) is 19.9. The summed E-state index contributed by atoms with van der Waals surface area (Å²) in [5.74, 6) is -0.961. The van der Waals surface area contributed by atoms with Gasteiger partial charge >= 0.3 is 0 Å². The van der Waals surface area contributed by atoms with Crippen molar-refractivity contribution in [2.45, 2.75) is 35.5 Å². The molecule has 3 aromatic carbocycles. The molecule has 0 saturated heterocycles. The first-order chi connectivity index (χ1) is 16.3. The van der Waals surface area contributed by atoms with Crippen molar-refractivity contribution in [3.63, 3.8) is 0 Å². The normalized spacial score (nSPS) is 12.7. The highest BCUT2D eigenvalue weighted by molar-refractivity contribution is 7.92. The summed E-state index contributed by atoms with van der Waals surface area (Å²) in [6, 6.07) is 18.7. The van der Waals surface area contributed by atoms with Crippen LogP contribution < -0.4 is 0 Å². The predicted molar refractivity (Wildman–Crippen MR) is 136 cm³/mol. The van der Waals surface area contributed by atoms with Crippen LogP contribution in [0, 0.1) is 20.8 Å². The molecule has 0 N–H and O–H groups in total. The molecule has 0 radical (unpaired) electrons. The minimum atomic E-state index is -4.14. The van der Waals surface area contributed by atoms with Gasteiger partial charge in [-0.2, -0.15) is 4.31 Å². The fourth-order valence-electron chi connectivity index (χ4n) is 3.38. The first kappa shape index (κ1) is 27.1. The highest BCUT2D eigenvalue weighted by atomic mass is 32.2. The van der Waals surface area contributed by atoms with Crippen LogP contribution in [0.5, 0.6) is 0 Å². The summed E-state index contributed by atoms with van der Waals surface area (Å²) in [4.78, 5) is 0.148. The van der Waals surface area contributed by atoms with Crippen molar-refractivity contribution >= 4 is 29.7 Å². The molecule has 0 spiro atoms. The maximum Gasteiger partial charge on any atom is 0.243 e. The molecule has 0 unspecified atom stereocenters. The molecule has 0 heterocycles. The molecule has 0 aliphatic rings. The topological polar surface area (TPSA) is 106 Å². The number of sulfone groups is 2. The number of sulfonamides is 1. The summed E-state index contributed by atoms with van der Waals surface area (Å²) in [6.45, 7) is 4.73. The SMILES string of the molecule is Cc1ccc(S(=O)(=O)CCN(CCS(=O)(=O)c2ccc(C)cc2)S(=O)(=O)c2ccc(C)cc2)cc1. The molecule has 0 amide bonds. The maximum absolute atomic E-state index is 13.4. The van der Waals surface area contributed by atoms with Gasteiger partial charge in [0.1, 0.15) is 0 Å². The van der Waals surface area contributed by atoms with Gasteiger partial charge in [-0.3, -0.25) is 0 Å². The fraction of sp³-hybridized carbons (Fsp3) is 0.280. The van der Waals surface area contributed by atoms with Crippen molar-refractivity contribution in [3.8, 4) is 0 Å². The van der Waals surface area contributed by atoms with E-state index >= 15 is 0 Å². The van der Waals surface area contributed by atoms with E-state index in [9.17, 15) is 25.3 Å². The van der Waals surface area contributed by atoms with Crippen molar-refractivity contribution in [1.29, 1.82) is 0 Å². The van der Waals surface area contributed by atoms with E-state index in [-0.39, 0.29) is 27.8 Å². The van der Waals surface area contributed by atoms with Crippen molar-refractivity contribution in [3.05, 3.63) is 89.5 Å². The molecule has 0 aromatic heterocycles. The second-order valence-corrected chi connectivity index (χ2v) is 14.6. The Morgan fingerprint density at radius 3 is 1.09 bits per heavy atom. The van der Waals surface area contributed by atoms with Gasteiger partial charge in [-0.15, -0.1) is 0 Å². The van der Waals surface area contributed by atoms with E-state index < -0.39 is 41.2 Å². The Labute approximate surface area is 208 Å². The van der Waals surface area contributed by atoms with Gasteiger partial charge in [0.15, 0.2) is 19.7 Å². The molecular weight excluding hydrogens is 506 g/mol. The van der Waals surface area contributed by atoms with Crippen molar-refractivity contribution < 1.29 is 25.3 Å². The van der Waals surface area contributed by atoms with Crippen LogP contribution in [0.25, 0.3) is 0 Å². The van der Waals surface area contributed by atoms with E-state index in [1.165, 1.54) is 36.4 Å². The molecule has 35 heavy (non-hydrogen) atoms. The number of nitrogens with zero attached hydrogens (tertiary/aromatic N) is 1. The van der Waals surface area contributed by atoms with Gasteiger partial charge in [-0.25, -0.2) is 25.3 Å². The Kier molecular flexibility index (Phi) is 8.21. The number of hydrogen-bond acceptors (Lipinski definition) is 6. The highest BCUT2D eigenvalue weighted by Gasteiger charge is 2.28. The second kappa shape index (κ2) is 10.6. The summed E-state index contributed by atoms with van der Waals surface area (Å²) in [5, 5.41) is 0. The van der Waals surface area contributed by atoms with Gasteiger partial charge in [0, 0.05) is 13.1 Å². The minimum Gasteiger partial charge on any atom is -0.224 e. The third-order valence-electron chi connectivity index (χ3n) is 5.64. The van der Waals surface area contributed by atoms with Gasteiger partial charge in [0.2, 0.25) is 10.0 Å². The van der Waals surface area contributed by atoms with E-state index in [0.29, 0.717) is 0 Å². The number of aryl methyl sites for hydroxylation is 3. The molecule has 3 aromatic rings. The summed E-state index contributed by atoms with van der Waals surface area (Å²) >= 11 is 0. The molecule has 3 rings (SSSR count). The van der Waals surface area contributed by atoms with Crippen molar-refractivity contribution in [1.82, 2.24) is 4.31 Å². The van der Waals surface area contributed by atoms with Gasteiger partial charge in [-0.1, -0.05) is 53.1 Å². The summed E-state index contributed by atoms with van der Waals surface area (Å²) in [6.07, 6.45) is 0. The third kappa shape index (κ3) is 6.78. The molecular formula is C25H29NO6S3. The number of hydrogen-bond donors (Lipinski definition) is 0. The second-order valence-electron chi connectivity index (χ2n) is 8.48. The van der Waals surface area contributed by atoms with Gasteiger partial charge in [-0.05, 0) is 57.2 Å². The molecule has 0 atom stereocenters. The van der Waals surface area contributed by atoms with Crippen LogP contribution in [0.2, 0.25) is 0 Å². The largest absolute Gasteiger partial charge is 0.243 e. The van der Waals surface area contributed by atoms with Crippen LogP contribution in [0.3, 0.4) is 0 Å². The average Bonchev–Trinajstić information content (AvgIpc) is 2.79. The summed E-state index contributed by atoms with van der Waals surface area (Å²) in [5.41, 5.74) is 2.65. The molecule has 0 bridgehead atoms. The first-order valence-electron chi connectivity index (χ1n) is 11.0. The zero-order valence-corrected chi connectivity index (χ0v) is 22.3. The molecule has 0 aliphatic heterocycles. The van der Waals surface area contributed by atoms with E-state index in [0.717, 1.165) is 21.0 Å². The average molecular weight is 536 g/mol. The fourth-order valence-corrected chi connectivity index (χ4v) is 7.55. The summed E-state index contributed by atoms with van der Waals surface area (Å²) < 4.78 is 79.2. The minimum absolute atomic E-state index is 0.0245. The van der Waals surface area contributed by atoms with Crippen LogP contribution in [-0.2, 0) is 29.7 Å². The Morgan fingerprint density at radius 2 is 0.771 bits per heavy atom. The van der Waals surface area contributed by atoms with Gasteiger partial charge in [0.05, 0.1) is 26.2 Å². The smallest absolute Gasteiger partial charge is 0.224 e. The van der Waals surface area contributed by atoms with Crippen LogP contribution in [0.15, 0.2) is 87.5 Å². The van der Waals surface area contributed by atoms with Gasteiger partial charge in [0.25, 0.3) is 0 Å². The lowest BCUT2D eigenvalue weighted by Crippen LogP contribution is -2.38. The van der Waals surface area contributed by atoms with Crippen molar-refractivity contribution in [2.75, 3.05) is 24.6 Å². The third-order valence-corrected chi connectivity index (χ3v) is 11.0. The lowest BCUT2D eigenvalue weighted by atomic mass is 10.2. The van der Waals surface area contributed by atoms with Crippen LogP contribution in [0.1, 0.15) is 16.7 Å². The molecule has 10 heteroatoms. The van der Waals surface area contributed by atoms with E-state index in [1.807, 2.05) is 20.8 Å². The molecule has 0 fully saturated rings. The van der Waals surface area contributed by atoms with Crippen molar-refractivity contribution in [2.24, 2.45) is 0 Å². The predicted octanol–water partition coefficient (Wildman–Crippen LogP) is 3.55. The Morgan fingerprint density at radius 1 is 0.486 bits per heavy atom. The number of benzene rings is 3. The molecule has 7 nitrogen and oxygen atoms in total. The standard InChI is InChI=1S/C25H29NO6S3/c1-20-4-10-23(11-5-20)33(27,28)18-16-26(35(31,32)25-14-8-22(3)9-15-25)17-19-34(29,30)24-12-6-21(2)7-13-24/h4-15H,16-19H2,1-3H3. The lowest BCUT2D eigenvalue weighted by molar-refractivity contribution is 0.443. The molecule has 0 aliphatic carbocycles. The van der Waals surface area contributed by atoms with Crippen LogP contribution >= 0.6 is 0 Å². The highest BCUT2D eigenvalue weighted by Crippen LogP contribution is 2.20. The molecule has 0 saturated carbocycles. The number of rotatable bonds is 10.